The summed E-state index contributed by atoms with van der Waals surface area (Å²) < 4.78 is 6.60. The molecule has 3 rings (SSSR count). The van der Waals surface area contributed by atoms with Crippen LogP contribution in [-0.2, 0) is 6.42 Å². The van der Waals surface area contributed by atoms with Gasteiger partial charge in [0.2, 0.25) is 0 Å². The Bertz CT molecular complexity index is 854. The maximum atomic E-state index is 11.8. The van der Waals surface area contributed by atoms with Gasteiger partial charge in [-0.15, -0.1) is 0 Å². The maximum absolute atomic E-state index is 11.8. The zero-order valence-electron chi connectivity index (χ0n) is 12.6. The van der Waals surface area contributed by atoms with Crippen molar-refractivity contribution in [3.8, 4) is 5.69 Å². The smallest absolute Gasteiger partial charge is 0.395 e. The Morgan fingerprint density at radius 1 is 1.25 bits per heavy atom. The Hall–Kier alpha value is -3.42. The van der Waals surface area contributed by atoms with Crippen molar-refractivity contribution < 1.29 is 14.1 Å². The predicted molar refractivity (Wildman–Crippen MR) is 85.0 cm³/mol. The van der Waals surface area contributed by atoms with Gasteiger partial charge in [0.05, 0.1) is 18.0 Å². The van der Waals surface area contributed by atoms with Crippen LogP contribution in [0.2, 0.25) is 0 Å². The third kappa shape index (κ3) is 3.49. The molecule has 0 fully saturated rings. The Labute approximate surface area is 136 Å². The van der Waals surface area contributed by atoms with Gasteiger partial charge < -0.3 is 9.73 Å². The van der Waals surface area contributed by atoms with Gasteiger partial charge in [-0.3, -0.25) is 14.9 Å². The first-order valence-corrected chi connectivity index (χ1v) is 7.25. The molecule has 0 saturated heterocycles. The highest BCUT2D eigenvalue weighted by molar-refractivity contribution is 5.91. The molecule has 0 spiro atoms. The van der Waals surface area contributed by atoms with Gasteiger partial charge in [-0.05, 0) is 30.2 Å². The molecule has 3 aromatic rings. The number of para-hydroxylation sites is 1. The van der Waals surface area contributed by atoms with Crippen LogP contribution in [0.5, 0.6) is 0 Å². The second kappa shape index (κ2) is 6.78. The number of nitro groups is 1. The molecule has 0 radical (unpaired) electrons. The van der Waals surface area contributed by atoms with E-state index < -0.39 is 16.7 Å². The number of rotatable bonds is 6. The average molecular weight is 326 g/mol. The first-order valence-electron chi connectivity index (χ1n) is 7.25. The fraction of sp³-hybridized carbons (Fsp3) is 0.125. The van der Waals surface area contributed by atoms with Crippen molar-refractivity contribution in [1.29, 1.82) is 0 Å². The lowest BCUT2D eigenvalue weighted by atomic mass is 10.2. The normalized spacial score (nSPS) is 10.5. The summed E-state index contributed by atoms with van der Waals surface area (Å²) in [5, 5.41) is 17.5. The van der Waals surface area contributed by atoms with Crippen molar-refractivity contribution in [3.05, 3.63) is 76.3 Å². The highest BCUT2D eigenvalue weighted by Crippen LogP contribution is 2.15. The van der Waals surface area contributed by atoms with Crippen LogP contribution in [0.1, 0.15) is 16.1 Å². The molecule has 1 N–H and O–H groups in total. The molecule has 0 aliphatic carbocycles. The molecule has 0 bridgehead atoms. The lowest BCUT2D eigenvalue weighted by Crippen LogP contribution is -2.25. The number of nitrogens with one attached hydrogen (secondary N) is 1. The van der Waals surface area contributed by atoms with Crippen molar-refractivity contribution in [2.24, 2.45) is 0 Å². The van der Waals surface area contributed by atoms with E-state index in [9.17, 15) is 14.9 Å². The molecule has 1 aromatic carbocycles. The lowest BCUT2D eigenvalue weighted by molar-refractivity contribution is -0.402. The van der Waals surface area contributed by atoms with E-state index in [-0.39, 0.29) is 5.76 Å². The third-order valence-corrected chi connectivity index (χ3v) is 3.35. The predicted octanol–water partition coefficient (Wildman–Crippen LogP) is 2.35. The minimum atomic E-state index is -0.686. The van der Waals surface area contributed by atoms with Gasteiger partial charge in [-0.1, -0.05) is 18.2 Å². The summed E-state index contributed by atoms with van der Waals surface area (Å²) in [5.74, 6) is -1.02. The molecule has 2 heterocycles. The zero-order chi connectivity index (χ0) is 16.9. The maximum Gasteiger partial charge on any atom is 0.433 e. The number of nitrogens with zero attached hydrogens (tertiary/aromatic N) is 3. The Balaban J connectivity index is 1.54. The Morgan fingerprint density at radius 3 is 2.75 bits per heavy atom. The molecule has 8 heteroatoms. The van der Waals surface area contributed by atoms with E-state index in [2.05, 4.69) is 10.4 Å². The van der Waals surface area contributed by atoms with E-state index in [1.165, 1.54) is 6.07 Å². The summed E-state index contributed by atoms with van der Waals surface area (Å²) in [4.78, 5) is 21.7. The number of carbonyl (C=O) groups is 1. The first kappa shape index (κ1) is 15.5. The molecule has 122 valence electrons. The van der Waals surface area contributed by atoms with Crippen LogP contribution in [-0.4, -0.2) is 27.2 Å². The summed E-state index contributed by atoms with van der Waals surface area (Å²) in [6.45, 7) is 0.369. The molecule has 0 aliphatic rings. The molecule has 1 amide bonds. The molecule has 0 aliphatic heterocycles. The number of aromatic nitrogens is 2. The van der Waals surface area contributed by atoms with Crippen LogP contribution in [0, 0.1) is 10.1 Å². The van der Waals surface area contributed by atoms with Gasteiger partial charge in [0, 0.05) is 12.7 Å². The SMILES string of the molecule is O=C(NCCc1cnn(-c2ccccc2)c1)c1ccc([N+](=O)[O-])o1. The molecular formula is C16H14N4O4. The van der Waals surface area contributed by atoms with Gasteiger partial charge in [-0.2, -0.15) is 5.10 Å². The Kier molecular flexibility index (Phi) is 4.37. The van der Waals surface area contributed by atoms with Gasteiger partial charge in [-0.25, -0.2) is 4.68 Å². The monoisotopic (exact) mass is 326 g/mol. The topological polar surface area (TPSA) is 103 Å². The summed E-state index contributed by atoms with van der Waals surface area (Å²) in [7, 11) is 0. The molecule has 8 nitrogen and oxygen atoms in total. The van der Waals surface area contributed by atoms with Crippen LogP contribution in [0.25, 0.3) is 5.69 Å². The number of hydrogen-bond acceptors (Lipinski definition) is 5. The fourth-order valence-corrected chi connectivity index (χ4v) is 2.17. The quantitative estimate of drug-likeness (QED) is 0.553. The number of amides is 1. The summed E-state index contributed by atoms with van der Waals surface area (Å²) in [6.07, 6.45) is 4.21. The van der Waals surface area contributed by atoms with Crippen LogP contribution >= 0.6 is 0 Å². The number of hydrogen-bond donors (Lipinski definition) is 1. The van der Waals surface area contributed by atoms with Crippen LogP contribution in [0.4, 0.5) is 5.88 Å². The number of carbonyl (C=O) groups excluding carboxylic acids is 1. The van der Waals surface area contributed by atoms with E-state index in [1.54, 1.807) is 10.9 Å². The van der Waals surface area contributed by atoms with E-state index in [4.69, 9.17) is 4.42 Å². The van der Waals surface area contributed by atoms with E-state index >= 15 is 0 Å². The molecule has 0 atom stereocenters. The molecule has 0 unspecified atom stereocenters. The van der Waals surface area contributed by atoms with Crippen molar-refractivity contribution in [2.75, 3.05) is 6.54 Å². The zero-order valence-corrected chi connectivity index (χ0v) is 12.6. The van der Waals surface area contributed by atoms with Crippen LogP contribution in [0.3, 0.4) is 0 Å². The summed E-state index contributed by atoms with van der Waals surface area (Å²) in [5.41, 5.74) is 1.92. The summed E-state index contributed by atoms with van der Waals surface area (Å²) in [6, 6.07) is 12.1. The largest absolute Gasteiger partial charge is 0.433 e. The average Bonchev–Trinajstić information content (AvgIpc) is 3.25. The highest BCUT2D eigenvalue weighted by atomic mass is 16.6. The van der Waals surface area contributed by atoms with Gasteiger partial charge >= 0.3 is 5.88 Å². The Morgan fingerprint density at radius 2 is 2.04 bits per heavy atom. The lowest BCUT2D eigenvalue weighted by Gasteiger charge is -2.01. The van der Waals surface area contributed by atoms with Gasteiger partial charge in [0.15, 0.2) is 5.76 Å². The minimum Gasteiger partial charge on any atom is -0.395 e. The molecule has 2 aromatic heterocycles. The van der Waals surface area contributed by atoms with Crippen LogP contribution < -0.4 is 5.32 Å². The van der Waals surface area contributed by atoms with E-state index in [1.807, 2.05) is 36.5 Å². The van der Waals surface area contributed by atoms with Crippen molar-refractivity contribution >= 4 is 11.8 Å². The highest BCUT2D eigenvalue weighted by Gasteiger charge is 2.16. The van der Waals surface area contributed by atoms with Gasteiger partial charge in [0.1, 0.15) is 4.92 Å². The standard InChI is InChI=1S/C16H14N4O4/c21-16(14-6-7-15(24-14)20(22)23)17-9-8-12-10-18-19(11-12)13-4-2-1-3-5-13/h1-7,10-11H,8-9H2,(H,17,21). The fourth-order valence-electron chi connectivity index (χ4n) is 2.17. The van der Waals surface area contributed by atoms with Crippen molar-refractivity contribution in [3.63, 3.8) is 0 Å². The van der Waals surface area contributed by atoms with E-state index in [0.29, 0.717) is 13.0 Å². The van der Waals surface area contributed by atoms with Crippen LogP contribution in [0.15, 0.2) is 59.3 Å². The number of furan rings is 1. The third-order valence-electron chi connectivity index (χ3n) is 3.35. The molecule has 24 heavy (non-hydrogen) atoms. The molecule has 0 saturated carbocycles. The second-order valence-corrected chi connectivity index (χ2v) is 5.03. The van der Waals surface area contributed by atoms with Crippen molar-refractivity contribution in [2.45, 2.75) is 6.42 Å². The summed E-state index contributed by atoms with van der Waals surface area (Å²) >= 11 is 0. The molecular weight excluding hydrogens is 312 g/mol. The van der Waals surface area contributed by atoms with E-state index in [0.717, 1.165) is 17.3 Å². The van der Waals surface area contributed by atoms with Crippen molar-refractivity contribution in [1.82, 2.24) is 15.1 Å². The second-order valence-electron chi connectivity index (χ2n) is 5.03. The minimum absolute atomic E-state index is 0.0818. The number of benzene rings is 1. The first-order chi connectivity index (χ1) is 11.6. The van der Waals surface area contributed by atoms with Gasteiger partial charge in [0.25, 0.3) is 5.91 Å².